The van der Waals surface area contributed by atoms with E-state index in [9.17, 15) is 0 Å². The predicted octanol–water partition coefficient (Wildman–Crippen LogP) is 2.71. The molecule has 0 aromatic carbocycles. The van der Waals surface area contributed by atoms with Crippen molar-refractivity contribution in [2.75, 3.05) is 13.7 Å². The van der Waals surface area contributed by atoms with Crippen LogP contribution in [0.5, 0.6) is 0 Å². The molecule has 2 atom stereocenters. The number of halogens is 2. The van der Waals surface area contributed by atoms with Gasteiger partial charge in [0.15, 0.2) is 0 Å². The van der Waals surface area contributed by atoms with Crippen molar-refractivity contribution in [3.63, 3.8) is 0 Å². The van der Waals surface area contributed by atoms with E-state index >= 15 is 0 Å². The number of nitrogens with zero attached hydrogens (tertiary/aromatic N) is 3. The van der Waals surface area contributed by atoms with Gasteiger partial charge in [-0.05, 0) is 44.3 Å². The number of rotatable bonds is 3. The van der Waals surface area contributed by atoms with Crippen LogP contribution < -0.4 is 5.32 Å². The molecule has 2 aromatic rings. The van der Waals surface area contributed by atoms with Crippen molar-refractivity contribution in [1.82, 2.24) is 20.4 Å². The molecule has 1 saturated heterocycles. The minimum Gasteiger partial charge on any atom is -0.380 e. The number of hydrogen-bond donors (Lipinski definition) is 1. The van der Waals surface area contributed by atoms with E-state index in [1.54, 1.807) is 13.3 Å². The SMILES string of the molecule is CO[C@@H]1CN[C@@H](c2nc(-c3ncc(Br)cc3Br)no2)C1. The minimum atomic E-state index is 0.0374. The predicted molar refractivity (Wildman–Crippen MR) is 79.1 cm³/mol. The zero-order valence-corrected chi connectivity index (χ0v) is 13.8. The summed E-state index contributed by atoms with van der Waals surface area (Å²) in [6.45, 7) is 0.791. The smallest absolute Gasteiger partial charge is 0.244 e. The van der Waals surface area contributed by atoms with Crippen LogP contribution in [0.15, 0.2) is 25.7 Å². The summed E-state index contributed by atoms with van der Waals surface area (Å²) < 4.78 is 12.3. The molecule has 1 aliphatic rings. The Morgan fingerprint density at radius 3 is 3.00 bits per heavy atom. The van der Waals surface area contributed by atoms with E-state index in [-0.39, 0.29) is 12.1 Å². The fourth-order valence-electron chi connectivity index (χ4n) is 2.12. The zero-order valence-electron chi connectivity index (χ0n) is 10.6. The second-order valence-electron chi connectivity index (χ2n) is 4.49. The Morgan fingerprint density at radius 2 is 2.30 bits per heavy atom. The average Bonchev–Trinajstić information content (AvgIpc) is 3.07. The molecule has 0 aliphatic carbocycles. The quantitative estimate of drug-likeness (QED) is 0.849. The number of nitrogens with one attached hydrogen (secondary N) is 1. The van der Waals surface area contributed by atoms with Gasteiger partial charge in [0.1, 0.15) is 5.69 Å². The maximum absolute atomic E-state index is 5.33. The number of hydrogen-bond acceptors (Lipinski definition) is 6. The first-order valence-electron chi connectivity index (χ1n) is 6.08. The van der Waals surface area contributed by atoms with Gasteiger partial charge in [0, 0.05) is 28.8 Å². The fraction of sp³-hybridized carbons (Fsp3) is 0.417. The van der Waals surface area contributed by atoms with Crippen molar-refractivity contribution < 1.29 is 9.26 Å². The molecule has 1 fully saturated rings. The average molecular weight is 404 g/mol. The van der Waals surface area contributed by atoms with Gasteiger partial charge in [-0.25, -0.2) is 0 Å². The first-order valence-corrected chi connectivity index (χ1v) is 7.67. The van der Waals surface area contributed by atoms with Crippen molar-refractivity contribution in [2.24, 2.45) is 0 Å². The third kappa shape index (κ3) is 2.78. The van der Waals surface area contributed by atoms with Gasteiger partial charge < -0.3 is 14.6 Å². The Labute approximate surface area is 132 Å². The molecule has 0 radical (unpaired) electrons. The molecule has 6 nitrogen and oxygen atoms in total. The summed E-state index contributed by atoms with van der Waals surface area (Å²) in [6, 6.07) is 1.93. The lowest BCUT2D eigenvalue weighted by Gasteiger charge is -2.04. The van der Waals surface area contributed by atoms with Crippen molar-refractivity contribution in [1.29, 1.82) is 0 Å². The molecular weight excluding hydrogens is 392 g/mol. The van der Waals surface area contributed by atoms with Gasteiger partial charge in [-0.2, -0.15) is 4.98 Å². The number of methoxy groups -OCH3 is 1. The highest BCUT2D eigenvalue weighted by molar-refractivity contribution is 9.11. The standard InChI is InChI=1S/C12H12Br2N4O2/c1-19-7-3-9(15-5-7)12-17-11(18-20-12)10-8(14)2-6(13)4-16-10/h2,4,7,9,15H,3,5H2,1H3/t7-,9+/m0/s1. The highest BCUT2D eigenvalue weighted by Gasteiger charge is 2.29. The van der Waals surface area contributed by atoms with Crippen molar-refractivity contribution >= 4 is 31.9 Å². The zero-order chi connectivity index (χ0) is 14.1. The topological polar surface area (TPSA) is 73.1 Å². The second kappa shape index (κ2) is 5.88. The molecular formula is C12H12Br2N4O2. The number of ether oxygens (including phenoxy) is 1. The third-order valence-corrected chi connectivity index (χ3v) is 4.22. The van der Waals surface area contributed by atoms with Gasteiger partial charge in [0.05, 0.1) is 12.1 Å². The van der Waals surface area contributed by atoms with Crippen LogP contribution >= 0.6 is 31.9 Å². The van der Waals surface area contributed by atoms with E-state index in [1.165, 1.54) is 0 Å². The van der Waals surface area contributed by atoms with E-state index < -0.39 is 0 Å². The normalized spacial score (nSPS) is 22.4. The summed E-state index contributed by atoms with van der Waals surface area (Å²) >= 11 is 6.81. The van der Waals surface area contributed by atoms with E-state index in [2.05, 4.69) is 52.3 Å². The molecule has 8 heteroatoms. The molecule has 0 saturated carbocycles. The lowest BCUT2D eigenvalue weighted by Crippen LogP contribution is -2.16. The van der Waals surface area contributed by atoms with Gasteiger partial charge in [-0.1, -0.05) is 5.16 Å². The van der Waals surface area contributed by atoms with Gasteiger partial charge in [0.25, 0.3) is 0 Å². The minimum absolute atomic E-state index is 0.0374. The van der Waals surface area contributed by atoms with Gasteiger partial charge in [0.2, 0.25) is 11.7 Å². The lowest BCUT2D eigenvalue weighted by atomic mass is 10.2. The molecule has 0 amide bonds. The van der Waals surface area contributed by atoms with Crippen LogP contribution in [0.2, 0.25) is 0 Å². The van der Waals surface area contributed by atoms with Crippen LogP contribution in [0, 0.1) is 0 Å². The summed E-state index contributed by atoms with van der Waals surface area (Å²) in [5.74, 6) is 1.04. The molecule has 3 heterocycles. The summed E-state index contributed by atoms with van der Waals surface area (Å²) in [5, 5.41) is 7.30. The number of pyridine rings is 1. The summed E-state index contributed by atoms with van der Waals surface area (Å²) in [4.78, 5) is 8.71. The number of aromatic nitrogens is 3. The molecule has 20 heavy (non-hydrogen) atoms. The Balaban J connectivity index is 1.83. The molecule has 1 N–H and O–H groups in total. The highest BCUT2D eigenvalue weighted by atomic mass is 79.9. The fourth-order valence-corrected chi connectivity index (χ4v) is 3.29. The van der Waals surface area contributed by atoms with E-state index in [4.69, 9.17) is 9.26 Å². The van der Waals surface area contributed by atoms with Crippen LogP contribution in [-0.4, -0.2) is 34.9 Å². The maximum Gasteiger partial charge on any atom is 0.244 e. The van der Waals surface area contributed by atoms with E-state index in [0.29, 0.717) is 17.4 Å². The maximum atomic E-state index is 5.33. The molecule has 0 bridgehead atoms. The monoisotopic (exact) mass is 402 g/mol. The van der Waals surface area contributed by atoms with Crippen LogP contribution in [0.4, 0.5) is 0 Å². The third-order valence-electron chi connectivity index (χ3n) is 3.18. The van der Waals surface area contributed by atoms with Gasteiger partial charge >= 0.3 is 0 Å². The molecule has 2 aromatic heterocycles. The van der Waals surface area contributed by atoms with Crippen LogP contribution in [0.3, 0.4) is 0 Å². The first-order chi connectivity index (χ1) is 9.67. The molecule has 1 aliphatic heterocycles. The van der Waals surface area contributed by atoms with Gasteiger partial charge in [-0.15, -0.1) is 0 Å². The Bertz CT molecular complexity index is 619. The Hall–Kier alpha value is -0.830. The lowest BCUT2D eigenvalue weighted by molar-refractivity contribution is 0.116. The summed E-state index contributed by atoms with van der Waals surface area (Å²) in [7, 11) is 1.71. The van der Waals surface area contributed by atoms with E-state index in [1.807, 2.05) is 6.07 Å². The molecule has 0 spiro atoms. The van der Waals surface area contributed by atoms with Crippen LogP contribution in [0.1, 0.15) is 18.4 Å². The Kier molecular flexibility index (Phi) is 4.16. The van der Waals surface area contributed by atoms with Crippen molar-refractivity contribution in [3.05, 3.63) is 27.1 Å². The molecule has 3 rings (SSSR count). The largest absolute Gasteiger partial charge is 0.380 e. The van der Waals surface area contributed by atoms with E-state index in [0.717, 1.165) is 21.9 Å². The Morgan fingerprint density at radius 1 is 1.45 bits per heavy atom. The summed E-state index contributed by atoms with van der Waals surface area (Å²) in [5.41, 5.74) is 0.657. The van der Waals surface area contributed by atoms with Gasteiger partial charge in [-0.3, -0.25) is 4.98 Å². The first kappa shape index (κ1) is 14.1. The van der Waals surface area contributed by atoms with Crippen molar-refractivity contribution in [3.8, 4) is 11.5 Å². The highest BCUT2D eigenvalue weighted by Crippen LogP contribution is 2.29. The molecule has 0 unspecified atom stereocenters. The summed E-state index contributed by atoms with van der Waals surface area (Å²) in [6.07, 6.45) is 2.71. The second-order valence-corrected chi connectivity index (χ2v) is 6.26. The van der Waals surface area contributed by atoms with Crippen LogP contribution in [0.25, 0.3) is 11.5 Å². The van der Waals surface area contributed by atoms with Crippen molar-refractivity contribution in [2.45, 2.75) is 18.6 Å². The van der Waals surface area contributed by atoms with Crippen LogP contribution in [-0.2, 0) is 4.74 Å². The molecule has 106 valence electrons.